The van der Waals surface area contributed by atoms with E-state index in [4.69, 9.17) is 26.1 Å². The topological polar surface area (TPSA) is 68.7 Å². The second-order valence-corrected chi connectivity index (χ2v) is 11.2. The van der Waals surface area contributed by atoms with Crippen LogP contribution in [-0.4, -0.2) is 46.0 Å². The fourth-order valence-electron chi connectivity index (χ4n) is 3.91. The molecule has 2 aromatic carbocycles. The lowest BCUT2D eigenvalue weighted by Crippen LogP contribution is -2.39. The predicted octanol–water partition coefficient (Wildman–Crippen LogP) is 4.85. The summed E-state index contributed by atoms with van der Waals surface area (Å²) in [6.07, 6.45) is 1.78. The summed E-state index contributed by atoms with van der Waals surface area (Å²) in [5, 5.41) is 3.11. The van der Waals surface area contributed by atoms with Crippen molar-refractivity contribution in [2.45, 2.75) is 29.4 Å². The van der Waals surface area contributed by atoms with E-state index in [9.17, 15) is 8.42 Å². The molecule has 0 radical (unpaired) electrons. The van der Waals surface area contributed by atoms with Gasteiger partial charge in [0.05, 0.1) is 30.1 Å². The number of sulfone groups is 1. The van der Waals surface area contributed by atoms with Gasteiger partial charge in [0.25, 0.3) is 0 Å². The molecule has 0 bridgehead atoms. The molecule has 0 unspecified atom stereocenters. The van der Waals surface area contributed by atoms with E-state index in [1.807, 2.05) is 23.6 Å². The molecule has 0 aliphatic carbocycles. The van der Waals surface area contributed by atoms with Crippen LogP contribution in [0.15, 0.2) is 52.7 Å². The van der Waals surface area contributed by atoms with Gasteiger partial charge in [-0.05, 0) is 55.3 Å². The number of thiazole rings is 1. The standard InChI is InChI=1S/C23H25ClN2O4S2/c1-29-19-5-8-22(30-2)16(14-19)13-18-15-31-23(25-18)26-11-9-21(10-12-26)32(27,28)20-6-3-17(24)4-7-20/h3-8,14-15,21H,9-13H2,1-2H3. The Kier molecular flexibility index (Phi) is 6.93. The van der Waals surface area contributed by atoms with Gasteiger partial charge < -0.3 is 14.4 Å². The summed E-state index contributed by atoms with van der Waals surface area (Å²) in [5.41, 5.74) is 1.96. The minimum absolute atomic E-state index is 0.337. The quantitative estimate of drug-likeness (QED) is 0.469. The number of rotatable bonds is 7. The first-order valence-corrected chi connectivity index (χ1v) is 13.1. The zero-order valence-electron chi connectivity index (χ0n) is 18.0. The first kappa shape index (κ1) is 22.9. The van der Waals surface area contributed by atoms with Crippen LogP contribution >= 0.6 is 22.9 Å². The van der Waals surface area contributed by atoms with Crippen molar-refractivity contribution < 1.29 is 17.9 Å². The zero-order valence-corrected chi connectivity index (χ0v) is 20.3. The van der Waals surface area contributed by atoms with Gasteiger partial charge in [0, 0.05) is 35.5 Å². The molecule has 2 heterocycles. The molecular weight excluding hydrogens is 468 g/mol. The first-order valence-electron chi connectivity index (χ1n) is 10.3. The molecular formula is C23H25ClN2O4S2. The van der Waals surface area contributed by atoms with E-state index in [-0.39, 0.29) is 5.25 Å². The van der Waals surface area contributed by atoms with Crippen molar-refractivity contribution >= 4 is 37.9 Å². The van der Waals surface area contributed by atoms with Crippen LogP contribution < -0.4 is 14.4 Å². The van der Waals surface area contributed by atoms with Gasteiger partial charge in [-0.2, -0.15) is 0 Å². The fraction of sp³-hybridized carbons (Fsp3) is 0.348. The molecule has 32 heavy (non-hydrogen) atoms. The van der Waals surface area contributed by atoms with E-state index in [0.717, 1.165) is 27.9 Å². The lowest BCUT2D eigenvalue weighted by Gasteiger charge is -2.31. The average molecular weight is 493 g/mol. The van der Waals surface area contributed by atoms with Gasteiger partial charge in [-0.1, -0.05) is 11.6 Å². The van der Waals surface area contributed by atoms with Crippen LogP contribution in [0.4, 0.5) is 5.13 Å². The molecule has 0 spiro atoms. The van der Waals surface area contributed by atoms with Gasteiger partial charge in [0.2, 0.25) is 0 Å². The Labute approximate surface area is 197 Å². The van der Waals surface area contributed by atoms with Crippen molar-refractivity contribution in [1.82, 2.24) is 4.98 Å². The van der Waals surface area contributed by atoms with Crippen molar-refractivity contribution in [3.05, 3.63) is 64.1 Å². The highest BCUT2D eigenvalue weighted by Gasteiger charge is 2.32. The Balaban J connectivity index is 1.42. The number of anilines is 1. The second-order valence-electron chi connectivity index (χ2n) is 7.66. The molecule has 6 nitrogen and oxygen atoms in total. The third-order valence-corrected chi connectivity index (χ3v) is 9.17. The highest BCUT2D eigenvalue weighted by atomic mass is 35.5. The van der Waals surface area contributed by atoms with Crippen molar-refractivity contribution in [1.29, 1.82) is 0 Å². The number of methoxy groups -OCH3 is 2. The average Bonchev–Trinajstić information content (AvgIpc) is 3.28. The van der Waals surface area contributed by atoms with Gasteiger partial charge in [0.15, 0.2) is 15.0 Å². The first-order chi connectivity index (χ1) is 15.4. The lowest BCUT2D eigenvalue weighted by molar-refractivity contribution is 0.399. The smallest absolute Gasteiger partial charge is 0.185 e. The SMILES string of the molecule is COc1ccc(OC)c(Cc2csc(N3CCC(S(=O)(=O)c4ccc(Cl)cc4)CC3)n2)c1. The molecule has 0 amide bonds. The van der Waals surface area contributed by atoms with Crippen molar-refractivity contribution in [3.63, 3.8) is 0 Å². The number of ether oxygens (including phenoxy) is 2. The van der Waals surface area contributed by atoms with Crippen LogP contribution in [-0.2, 0) is 16.3 Å². The van der Waals surface area contributed by atoms with Gasteiger partial charge >= 0.3 is 0 Å². The molecule has 1 aromatic heterocycles. The molecule has 9 heteroatoms. The molecule has 0 N–H and O–H groups in total. The number of aromatic nitrogens is 1. The van der Waals surface area contributed by atoms with Crippen molar-refractivity contribution in [3.8, 4) is 11.5 Å². The van der Waals surface area contributed by atoms with Gasteiger partial charge in [-0.15, -0.1) is 11.3 Å². The maximum absolute atomic E-state index is 13.0. The summed E-state index contributed by atoms with van der Waals surface area (Å²) in [7, 11) is -0.0673. The Morgan fingerprint density at radius 1 is 1.09 bits per heavy atom. The van der Waals surface area contributed by atoms with Gasteiger partial charge in [-0.25, -0.2) is 13.4 Å². The van der Waals surface area contributed by atoms with Crippen LogP contribution in [0.5, 0.6) is 11.5 Å². The van der Waals surface area contributed by atoms with E-state index in [1.165, 1.54) is 0 Å². The zero-order chi connectivity index (χ0) is 22.7. The molecule has 1 fully saturated rings. The Hall–Kier alpha value is -2.29. The van der Waals surface area contributed by atoms with Crippen LogP contribution in [0.2, 0.25) is 5.02 Å². The molecule has 0 atom stereocenters. The minimum atomic E-state index is -3.36. The van der Waals surface area contributed by atoms with E-state index >= 15 is 0 Å². The van der Waals surface area contributed by atoms with Crippen molar-refractivity contribution in [2.75, 3.05) is 32.2 Å². The molecule has 0 saturated carbocycles. The van der Waals surface area contributed by atoms with E-state index in [0.29, 0.717) is 42.3 Å². The molecule has 1 aliphatic heterocycles. The van der Waals surface area contributed by atoms with Crippen LogP contribution in [0.1, 0.15) is 24.1 Å². The number of piperidine rings is 1. The van der Waals surface area contributed by atoms with E-state index < -0.39 is 9.84 Å². The number of hydrogen-bond acceptors (Lipinski definition) is 7. The summed E-state index contributed by atoms with van der Waals surface area (Å²) < 4.78 is 36.7. The number of hydrogen-bond donors (Lipinski definition) is 0. The van der Waals surface area contributed by atoms with Crippen LogP contribution in [0.3, 0.4) is 0 Å². The Morgan fingerprint density at radius 3 is 2.47 bits per heavy atom. The monoisotopic (exact) mass is 492 g/mol. The maximum atomic E-state index is 13.0. The summed E-state index contributed by atoms with van der Waals surface area (Å²) >= 11 is 7.48. The third kappa shape index (κ3) is 4.87. The van der Waals surface area contributed by atoms with Crippen LogP contribution in [0.25, 0.3) is 0 Å². The van der Waals surface area contributed by atoms with E-state index in [1.54, 1.807) is 49.8 Å². The minimum Gasteiger partial charge on any atom is -0.497 e. The van der Waals surface area contributed by atoms with Gasteiger partial charge in [0.1, 0.15) is 11.5 Å². The second kappa shape index (κ2) is 9.68. The lowest BCUT2D eigenvalue weighted by atomic mass is 10.1. The number of benzene rings is 2. The molecule has 170 valence electrons. The van der Waals surface area contributed by atoms with Crippen LogP contribution in [0, 0.1) is 0 Å². The highest BCUT2D eigenvalue weighted by Crippen LogP contribution is 2.31. The van der Waals surface area contributed by atoms with E-state index in [2.05, 4.69) is 4.90 Å². The highest BCUT2D eigenvalue weighted by molar-refractivity contribution is 7.92. The Bertz CT molecular complexity index is 1170. The number of halogens is 1. The summed E-state index contributed by atoms with van der Waals surface area (Å²) in [5.74, 6) is 1.58. The molecule has 4 rings (SSSR count). The maximum Gasteiger partial charge on any atom is 0.185 e. The van der Waals surface area contributed by atoms with Crippen molar-refractivity contribution in [2.24, 2.45) is 0 Å². The summed E-state index contributed by atoms with van der Waals surface area (Å²) in [4.78, 5) is 7.31. The number of nitrogens with zero attached hydrogens (tertiary/aromatic N) is 2. The third-order valence-electron chi connectivity index (χ3n) is 5.69. The fourth-order valence-corrected chi connectivity index (χ4v) is 6.65. The summed E-state index contributed by atoms with van der Waals surface area (Å²) in [6, 6.07) is 12.2. The molecule has 3 aromatic rings. The normalized spacial score (nSPS) is 15.0. The Morgan fingerprint density at radius 2 is 1.81 bits per heavy atom. The van der Waals surface area contributed by atoms with Gasteiger partial charge in [-0.3, -0.25) is 0 Å². The molecule has 1 aliphatic rings. The summed E-state index contributed by atoms with van der Waals surface area (Å²) in [6.45, 7) is 1.32. The predicted molar refractivity (Wildman–Crippen MR) is 128 cm³/mol. The molecule has 1 saturated heterocycles. The largest absolute Gasteiger partial charge is 0.497 e.